The van der Waals surface area contributed by atoms with Crippen molar-refractivity contribution in [2.24, 2.45) is 0 Å². The van der Waals surface area contributed by atoms with E-state index in [-0.39, 0.29) is 0 Å². The third kappa shape index (κ3) is 2.67. The zero-order valence-electron chi connectivity index (χ0n) is 9.02. The molecule has 1 atom stereocenters. The molecule has 2 rings (SSSR count). The minimum Gasteiger partial charge on any atom is -0.383 e. The Balaban J connectivity index is 1.99. The van der Waals surface area contributed by atoms with Crippen molar-refractivity contribution in [3.8, 4) is 0 Å². The van der Waals surface area contributed by atoms with E-state index in [1.807, 2.05) is 12.1 Å². The van der Waals surface area contributed by atoms with Crippen molar-refractivity contribution in [1.29, 1.82) is 0 Å². The quantitative estimate of drug-likeness (QED) is 0.782. The van der Waals surface area contributed by atoms with E-state index in [1.165, 1.54) is 0 Å². The number of pyridine rings is 1. The number of aromatic nitrogens is 1. The van der Waals surface area contributed by atoms with Gasteiger partial charge in [0.05, 0.1) is 12.7 Å². The summed E-state index contributed by atoms with van der Waals surface area (Å²) >= 11 is 0. The van der Waals surface area contributed by atoms with Gasteiger partial charge in [-0.05, 0) is 13.0 Å². The molecule has 15 heavy (non-hydrogen) atoms. The maximum Gasteiger partial charge on any atom is 0.127 e. The second kappa shape index (κ2) is 4.59. The summed E-state index contributed by atoms with van der Waals surface area (Å²) in [6.45, 7) is 5.71. The Hall–Kier alpha value is -1.13. The maximum atomic E-state index is 5.80. The second-order valence-corrected chi connectivity index (χ2v) is 3.96. The van der Waals surface area contributed by atoms with Gasteiger partial charge in [-0.3, -0.25) is 4.90 Å². The third-order valence-electron chi connectivity index (χ3n) is 2.65. The fourth-order valence-corrected chi connectivity index (χ4v) is 1.86. The Bertz CT molecular complexity index is 329. The van der Waals surface area contributed by atoms with E-state index in [2.05, 4.69) is 16.8 Å². The Morgan fingerprint density at radius 3 is 3.27 bits per heavy atom. The number of rotatable bonds is 2. The molecule has 1 aromatic rings. The van der Waals surface area contributed by atoms with Gasteiger partial charge < -0.3 is 10.5 Å². The van der Waals surface area contributed by atoms with Gasteiger partial charge >= 0.3 is 0 Å². The topological polar surface area (TPSA) is 51.4 Å². The van der Waals surface area contributed by atoms with Crippen LogP contribution in [0, 0.1) is 0 Å². The van der Waals surface area contributed by atoms with Gasteiger partial charge in [0.25, 0.3) is 0 Å². The molecular weight excluding hydrogens is 190 g/mol. The number of morpholine rings is 1. The van der Waals surface area contributed by atoms with Crippen LogP contribution in [0.2, 0.25) is 0 Å². The Kier molecular flexibility index (Phi) is 3.18. The van der Waals surface area contributed by atoms with Crippen LogP contribution in [0.4, 0.5) is 5.82 Å². The van der Waals surface area contributed by atoms with E-state index >= 15 is 0 Å². The van der Waals surface area contributed by atoms with E-state index in [0.29, 0.717) is 11.9 Å². The molecule has 1 fully saturated rings. The highest BCUT2D eigenvalue weighted by Gasteiger charge is 2.17. The van der Waals surface area contributed by atoms with Crippen LogP contribution in [-0.2, 0) is 11.3 Å². The highest BCUT2D eigenvalue weighted by atomic mass is 16.5. The molecule has 2 N–H and O–H groups in total. The molecule has 0 saturated carbocycles. The van der Waals surface area contributed by atoms with Gasteiger partial charge in [-0.2, -0.15) is 0 Å². The largest absolute Gasteiger partial charge is 0.383 e. The summed E-state index contributed by atoms with van der Waals surface area (Å²) in [5.41, 5.74) is 6.91. The fourth-order valence-electron chi connectivity index (χ4n) is 1.86. The average Bonchev–Trinajstić information content (AvgIpc) is 2.22. The molecule has 2 heterocycles. The Morgan fingerprint density at radius 2 is 2.53 bits per heavy atom. The molecule has 0 aliphatic carbocycles. The van der Waals surface area contributed by atoms with Crippen LogP contribution in [0.25, 0.3) is 0 Å². The minimum atomic E-state index is 0.316. The van der Waals surface area contributed by atoms with Crippen molar-refractivity contribution in [2.45, 2.75) is 19.6 Å². The molecule has 4 heteroatoms. The highest BCUT2D eigenvalue weighted by Crippen LogP contribution is 2.13. The molecule has 1 unspecified atom stereocenters. The first kappa shape index (κ1) is 10.4. The first-order chi connectivity index (χ1) is 7.25. The summed E-state index contributed by atoms with van der Waals surface area (Å²) in [6, 6.07) is 3.96. The number of nitrogens with zero attached hydrogens (tertiary/aromatic N) is 2. The summed E-state index contributed by atoms with van der Waals surface area (Å²) < 4.78 is 5.49. The molecule has 1 saturated heterocycles. The van der Waals surface area contributed by atoms with Crippen molar-refractivity contribution in [3.05, 3.63) is 23.9 Å². The highest BCUT2D eigenvalue weighted by molar-refractivity contribution is 5.38. The summed E-state index contributed by atoms with van der Waals surface area (Å²) in [5, 5.41) is 0. The first-order valence-electron chi connectivity index (χ1n) is 5.29. The SMILES string of the molecule is CC1CN(Cc2cccnc2N)CCO1. The van der Waals surface area contributed by atoms with Gasteiger partial charge in [-0.25, -0.2) is 4.98 Å². The van der Waals surface area contributed by atoms with Gasteiger partial charge in [0.1, 0.15) is 5.82 Å². The van der Waals surface area contributed by atoms with Crippen LogP contribution in [0.5, 0.6) is 0 Å². The van der Waals surface area contributed by atoms with Crippen molar-refractivity contribution in [1.82, 2.24) is 9.88 Å². The lowest BCUT2D eigenvalue weighted by atomic mass is 10.2. The number of anilines is 1. The van der Waals surface area contributed by atoms with Gasteiger partial charge in [-0.1, -0.05) is 6.07 Å². The van der Waals surface area contributed by atoms with Gasteiger partial charge in [0, 0.05) is 31.4 Å². The van der Waals surface area contributed by atoms with Crippen LogP contribution in [0.15, 0.2) is 18.3 Å². The molecular formula is C11H17N3O. The van der Waals surface area contributed by atoms with Crippen molar-refractivity contribution >= 4 is 5.82 Å². The van der Waals surface area contributed by atoms with E-state index in [1.54, 1.807) is 6.20 Å². The summed E-state index contributed by atoms with van der Waals surface area (Å²) in [5.74, 6) is 0.636. The average molecular weight is 207 g/mol. The summed E-state index contributed by atoms with van der Waals surface area (Å²) in [6.07, 6.45) is 2.04. The van der Waals surface area contributed by atoms with Crippen molar-refractivity contribution < 1.29 is 4.74 Å². The monoisotopic (exact) mass is 207 g/mol. The maximum absolute atomic E-state index is 5.80. The second-order valence-electron chi connectivity index (χ2n) is 3.96. The third-order valence-corrected chi connectivity index (χ3v) is 2.65. The van der Waals surface area contributed by atoms with Gasteiger partial charge in [-0.15, -0.1) is 0 Å². The standard InChI is InChI=1S/C11H17N3O/c1-9-7-14(5-6-15-9)8-10-3-2-4-13-11(10)12/h2-4,9H,5-8H2,1H3,(H2,12,13). The first-order valence-corrected chi connectivity index (χ1v) is 5.29. The smallest absolute Gasteiger partial charge is 0.127 e. The number of hydrogen-bond acceptors (Lipinski definition) is 4. The minimum absolute atomic E-state index is 0.316. The molecule has 0 bridgehead atoms. The molecule has 0 aromatic carbocycles. The van der Waals surface area contributed by atoms with Crippen molar-refractivity contribution in [2.75, 3.05) is 25.4 Å². The van der Waals surface area contributed by atoms with Crippen LogP contribution < -0.4 is 5.73 Å². The number of hydrogen-bond donors (Lipinski definition) is 1. The van der Waals surface area contributed by atoms with Crippen LogP contribution in [-0.4, -0.2) is 35.7 Å². The fraction of sp³-hybridized carbons (Fsp3) is 0.545. The van der Waals surface area contributed by atoms with E-state index in [0.717, 1.165) is 31.8 Å². The molecule has 1 aliphatic rings. The molecule has 82 valence electrons. The van der Waals surface area contributed by atoms with Crippen LogP contribution in [0.1, 0.15) is 12.5 Å². The molecule has 1 aliphatic heterocycles. The van der Waals surface area contributed by atoms with Crippen LogP contribution >= 0.6 is 0 Å². The van der Waals surface area contributed by atoms with E-state index in [9.17, 15) is 0 Å². The predicted octanol–water partition coefficient (Wildman–Crippen LogP) is 0.885. The number of nitrogens with two attached hydrogens (primary N) is 1. The lowest BCUT2D eigenvalue weighted by Crippen LogP contribution is -2.40. The van der Waals surface area contributed by atoms with Gasteiger partial charge in [0.2, 0.25) is 0 Å². The molecule has 4 nitrogen and oxygen atoms in total. The lowest BCUT2D eigenvalue weighted by molar-refractivity contribution is -0.0211. The molecule has 0 radical (unpaired) electrons. The predicted molar refractivity (Wildman–Crippen MR) is 59.3 cm³/mol. The normalized spacial score (nSPS) is 22.9. The molecule has 0 spiro atoms. The van der Waals surface area contributed by atoms with Crippen LogP contribution in [0.3, 0.4) is 0 Å². The number of nitrogen functional groups attached to an aromatic ring is 1. The lowest BCUT2D eigenvalue weighted by Gasteiger charge is -2.31. The Morgan fingerprint density at radius 1 is 1.67 bits per heavy atom. The zero-order valence-corrected chi connectivity index (χ0v) is 9.02. The number of ether oxygens (including phenoxy) is 1. The van der Waals surface area contributed by atoms with Gasteiger partial charge in [0.15, 0.2) is 0 Å². The Labute approximate surface area is 90.0 Å². The molecule has 1 aromatic heterocycles. The summed E-state index contributed by atoms with van der Waals surface area (Å²) in [4.78, 5) is 6.43. The van der Waals surface area contributed by atoms with Crippen molar-refractivity contribution in [3.63, 3.8) is 0 Å². The summed E-state index contributed by atoms with van der Waals surface area (Å²) in [7, 11) is 0. The molecule has 0 amide bonds. The van der Waals surface area contributed by atoms with E-state index in [4.69, 9.17) is 10.5 Å². The zero-order chi connectivity index (χ0) is 10.7. The van der Waals surface area contributed by atoms with E-state index < -0.39 is 0 Å².